The lowest BCUT2D eigenvalue weighted by atomic mass is 10.1. The summed E-state index contributed by atoms with van der Waals surface area (Å²) in [6, 6.07) is 5.92. The summed E-state index contributed by atoms with van der Waals surface area (Å²) in [5, 5.41) is 6.24. The molecule has 0 bridgehead atoms. The van der Waals surface area contributed by atoms with Gasteiger partial charge in [-0.2, -0.15) is 0 Å². The molecule has 2 atom stereocenters. The third-order valence-electron chi connectivity index (χ3n) is 3.26. The number of aryl methyl sites for hydroxylation is 2. The van der Waals surface area contributed by atoms with E-state index in [0.717, 1.165) is 24.2 Å². The standard InChI is InChI=1S/C14H20N2O2/c1-9-4-10(2)6-11(5-9)14(17)16-12-7-15-8-13(12)18-3/h4-6,12-13,15H,7-8H2,1-3H3,(H,16,17)/t12?,13-/m0/s1. The Labute approximate surface area is 108 Å². The molecule has 98 valence electrons. The average molecular weight is 248 g/mol. The number of methoxy groups -OCH3 is 1. The third kappa shape index (κ3) is 2.89. The number of carbonyl (C=O) groups excluding carboxylic acids is 1. The molecular weight excluding hydrogens is 228 g/mol. The van der Waals surface area contributed by atoms with E-state index >= 15 is 0 Å². The molecule has 0 aliphatic carbocycles. The lowest BCUT2D eigenvalue weighted by Gasteiger charge is -2.18. The maximum atomic E-state index is 12.2. The van der Waals surface area contributed by atoms with Gasteiger partial charge in [0.2, 0.25) is 0 Å². The van der Waals surface area contributed by atoms with Crippen molar-refractivity contribution in [2.45, 2.75) is 26.0 Å². The van der Waals surface area contributed by atoms with E-state index in [1.54, 1.807) is 7.11 Å². The molecule has 1 unspecified atom stereocenters. The van der Waals surface area contributed by atoms with Crippen LogP contribution in [0.5, 0.6) is 0 Å². The first-order chi connectivity index (χ1) is 8.60. The molecule has 0 saturated carbocycles. The molecule has 1 aromatic carbocycles. The van der Waals surface area contributed by atoms with Crippen LogP contribution >= 0.6 is 0 Å². The van der Waals surface area contributed by atoms with Gasteiger partial charge in [0.15, 0.2) is 0 Å². The van der Waals surface area contributed by atoms with Crippen LogP contribution in [0.1, 0.15) is 21.5 Å². The van der Waals surface area contributed by atoms with E-state index in [9.17, 15) is 4.79 Å². The van der Waals surface area contributed by atoms with Gasteiger partial charge in [-0.25, -0.2) is 0 Å². The van der Waals surface area contributed by atoms with Crippen LogP contribution in [0.25, 0.3) is 0 Å². The van der Waals surface area contributed by atoms with E-state index in [2.05, 4.69) is 16.7 Å². The zero-order chi connectivity index (χ0) is 13.1. The first-order valence-electron chi connectivity index (χ1n) is 6.23. The van der Waals surface area contributed by atoms with Crippen molar-refractivity contribution in [3.63, 3.8) is 0 Å². The zero-order valence-electron chi connectivity index (χ0n) is 11.1. The first kappa shape index (κ1) is 13.1. The lowest BCUT2D eigenvalue weighted by molar-refractivity contribution is 0.0779. The van der Waals surface area contributed by atoms with Crippen molar-refractivity contribution >= 4 is 5.91 Å². The largest absolute Gasteiger partial charge is 0.378 e. The Balaban J connectivity index is 2.07. The van der Waals surface area contributed by atoms with Crippen LogP contribution in [0.15, 0.2) is 18.2 Å². The van der Waals surface area contributed by atoms with Crippen LogP contribution in [-0.2, 0) is 4.74 Å². The highest BCUT2D eigenvalue weighted by atomic mass is 16.5. The van der Waals surface area contributed by atoms with Gasteiger partial charge in [0.25, 0.3) is 5.91 Å². The molecule has 1 aliphatic rings. The summed E-state index contributed by atoms with van der Waals surface area (Å²) in [4.78, 5) is 12.2. The maximum absolute atomic E-state index is 12.2. The number of ether oxygens (including phenoxy) is 1. The summed E-state index contributed by atoms with van der Waals surface area (Å²) in [5.41, 5.74) is 2.93. The molecule has 1 fully saturated rings. The Morgan fingerprint density at radius 1 is 1.28 bits per heavy atom. The minimum absolute atomic E-state index is 0.0300. The summed E-state index contributed by atoms with van der Waals surface area (Å²) in [5.74, 6) is -0.0300. The van der Waals surface area contributed by atoms with Crippen LogP contribution in [0.3, 0.4) is 0 Å². The minimum Gasteiger partial charge on any atom is -0.378 e. The summed E-state index contributed by atoms with van der Waals surface area (Å²) in [6.45, 7) is 5.54. The number of amides is 1. The normalized spacial score (nSPS) is 23.1. The van der Waals surface area contributed by atoms with Gasteiger partial charge in [0.05, 0.1) is 12.1 Å². The van der Waals surface area contributed by atoms with Crippen molar-refractivity contribution in [3.8, 4) is 0 Å². The van der Waals surface area contributed by atoms with Crippen LogP contribution in [0.4, 0.5) is 0 Å². The van der Waals surface area contributed by atoms with E-state index in [0.29, 0.717) is 5.56 Å². The number of carbonyl (C=O) groups is 1. The van der Waals surface area contributed by atoms with Gasteiger partial charge in [-0.05, 0) is 26.0 Å². The molecule has 0 spiro atoms. The van der Waals surface area contributed by atoms with Crippen LogP contribution < -0.4 is 10.6 Å². The maximum Gasteiger partial charge on any atom is 0.251 e. The van der Waals surface area contributed by atoms with Gasteiger partial charge in [-0.1, -0.05) is 17.2 Å². The molecule has 4 nitrogen and oxygen atoms in total. The van der Waals surface area contributed by atoms with Gasteiger partial charge >= 0.3 is 0 Å². The number of rotatable bonds is 3. The topological polar surface area (TPSA) is 50.4 Å². The molecule has 0 radical (unpaired) electrons. The number of nitrogens with one attached hydrogen (secondary N) is 2. The summed E-state index contributed by atoms with van der Waals surface area (Å²) in [7, 11) is 1.67. The minimum atomic E-state index is -0.0300. The smallest absolute Gasteiger partial charge is 0.251 e. The molecule has 18 heavy (non-hydrogen) atoms. The number of hydrogen-bond donors (Lipinski definition) is 2. The third-order valence-corrected chi connectivity index (χ3v) is 3.26. The van der Waals surface area contributed by atoms with E-state index in [1.807, 2.05) is 26.0 Å². The molecule has 1 amide bonds. The molecule has 4 heteroatoms. The lowest BCUT2D eigenvalue weighted by Crippen LogP contribution is -2.43. The second-order valence-electron chi connectivity index (χ2n) is 4.89. The predicted molar refractivity (Wildman–Crippen MR) is 70.8 cm³/mol. The van der Waals surface area contributed by atoms with Gasteiger partial charge in [-0.15, -0.1) is 0 Å². The molecule has 1 aliphatic heterocycles. The van der Waals surface area contributed by atoms with E-state index in [4.69, 9.17) is 4.74 Å². The molecular formula is C14H20N2O2. The number of hydrogen-bond acceptors (Lipinski definition) is 3. The molecule has 0 aromatic heterocycles. The summed E-state index contributed by atoms with van der Waals surface area (Å²) >= 11 is 0. The fourth-order valence-corrected chi connectivity index (χ4v) is 2.40. The van der Waals surface area contributed by atoms with Gasteiger partial charge in [-0.3, -0.25) is 4.79 Å². The Morgan fingerprint density at radius 2 is 1.94 bits per heavy atom. The predicted octanol–water partition coefficient (Wildman–Crippen LogP) is 1.02. The molecule has 1 heterocycles. The average Bonchev–Trinajstić information content (AvgIpc) is 2.75. The molecule has 1 aromatic rings. The van der Waals surface area contributed by atoms with Crippen molar-refractivity contribution in [2.24, 2.45) is 0 Å². The summed E-state index contributed by atoms with van der Waals surface area (Å²) < 4.78 is 5.33. The molecule has 2 rings (SSSR count). The quantitative estimate of drug-likeness (QED) is 0.839. The van der Waals surface area contributed by atoms with Crippen LogP contribution in [0.2, 0.25) is 0 Å². The van der Waals surface area contributed by atoms with Gasteiger partial charge in [0, 0.05) is 25.8 Å². The molecule has 2 N–H and O–H groups in total. The van der Waals surface area contributed by atoms with Crippen molar-refractivity contribution < 1.29 is 9.53 Å². The first-order valence-corrected chi connectivity index (χ1v) is 6.23. The van der Waals surface area contributed by atoms with Gasteiger partial charge in [0.1, 0.15) is 0 Å². The highest BCUT2D eigenvalue weighted by Crippen LogP contribution is 2.10. The molecule has 1 saturated heterocycles. The monoisotopic (exact) mass is 248 g/mol. The van der Waals surface area contributed by atoms with Crippen molar-refractivity contribution in [1.29, 1.82) is 0 Å². The zero-order valence-corrected chi connectivity index (χ0v) is 11.1. The second kappa shape index (κ2) is 5.50. The van der Waals surface area contributed by atoms with E-state index in [1.165, 1.54) is 0 Å². The van der Waals surface area contributed by atoms with Crippen LogP contribution in [-0.4, -0.2) is 38.3 Å². The van der Waals surface area contributed by atoms with E-state index < -0.39 is 0 Å². The Kier molecular flexibility index (Phi) is 3.99. The summed E-state index contributed by atoms with van der Waals surface area (Å²) in [6.07, 6.45) is 0.0554. The Bertz CT molecular complexity index is 425. The Morgan fingerprint density at radius 3 is 2.56 bits per heavy atom. The Hall–Kier alpha value is -1.39. The second-order valence-corrected chi connectivity index (χ2v) is 4.89. The fourth-order valence-electron chi connectivity index (χ4n) is 2.40. The highest BCUT2D eigenvalue weighted by Gasteiger charge is 2.28. The SMILES string of the molecule is CO[C@H]1CNCC1NC(=O)c1cc(C)cc(C)c1. The highest BCUT2D eigenvalue weighted by molar-refractivity contribution is 5.94. The van der Waals surface area contributed by atoms with Crippen molar-refractivity contribution in [3.05, 3.63) is 34.9 Å². The van der Waals surface area contributed by atoms with Crippen LogP contribution in [0, 0.1) is 13.8 Å². The fraction of sp³-hybridized carbons (Fsp3) is 0.500. The number of benzene rings is 1. The van der Waals surface area contributed by atoms with Gasteiger partial charge < -0.3 is 15.4 Å². The van der Waals surface area contributed by atoms with Crippen molar-refractivity contribution in [1.82, 2.24) is 10.6 Å². The van der Waals surface area contributed by atoms with E-state index in [-0.39, 0.29) is 18.1 Å². The van der Waals surface area contributed by atoms with Crippen molar-refractivity contribution in [2.75, 3.05) is 20.2 Å².